The van der Waals surface area contributed by atoms with Gasteiger partial charge >= 0.3 is 10.8 Å². The highest BCUT2D eigenvalue weighted by molar-refractivity contribution is 9.11. The molecule has 0 radical (unpaired) electrons. The number of aliphatic hydroxyl groups is 1. The highest BCUT2D eigenvalue weighted by atomic mass is 79.9. The molecule has 0 aliphatic carbocycles. The molecule has 2 N–H and O–H groups in total. The Hall–Kier alpha value is -0.940. The average Bonchev–Trinajstić information content (AvgIpc) is 2.96. The molecular formula is C15H11Br2NO5S2. The summed E-state index contributed by atoms with van der Waals surface area (Å²) < 4.78 is 6.95. The predicted molar refractivity (Wildman–Crippen MR) is 102 cm³/mol. The summed E-state index contributed by atoms with van der Waals surface area (Å²) in [6.45, 7) is 0. The lowest BCUT2D eigenvalue weighted by Crippen LogP contribution is -2.41. The number of aldehydes is 1. The van der Waals surface area contributed by atoms with Gasteiger partial charge in [0, 0.05) is 27.9 Å². The van der Waals surface area contributed by atoms with Gasteiger partial charge in [0.2, 0.25) is 0 Å². The van der Waals surface area contributed by atoms with Gasteiger partial charge in [0.25, 0.3) is 0 Å². The van der Waals surface area contributed by atoms with E-state index in [-0.39, 0.29) is 10.8 Å². The van der Waals surface area contributed by atoms with E-state index < -0.39 is 17.1 Å². The summed E-state index contributed by atoms with van der Waals surface area (Å²) in [5, 5.41) is 7.08. The van der Waals surface area contributed by atoms with Crippen LogP contribution in [0.25, 0.3) is 0 Å². The average molecular weight is 509 g/mol. The second kappa shape index (κ2) is 7.36. The van der Waals surface area contributed by atoms with Gasteiger partial charge in [0.1, 0.15) is 12.0 Å². The van der Waals surface area contributed by atoms with Crippen LogP contribution in [0.2, 0.25) is 0 Å². The van der Waals surface area contributed by atoms with E-state index in [0.29, 0.717) is 15.2 Å². The number of nitrogens with one attached hydrogen (secondary N) is 1. The first-order valence-corrected chi connectivity index (χ1v) is 10.3. The Morgan fingerprint density at radius 2 is 2.00 bits per heavy atom. The van der Waals surface area contributed by atoms with Crippen LogP contribution in [0.5, 0.6) is 5.75 Å². The van der Waals surface area contributed by atoms with E-state index in [4.69, 9.17) is 9.84 Å². The molecule has 10 heteroatoms. The van der Waals surface area contributed by atoms with Crippen molar-refractivity contribution in [1.82, 2.24) is 4.98 Å². The summed E-state index contributed by atoms with van der Waals surface area (Å²) >= 11 is 9.14. The van der Waals surface area contributed by atoms with Crippen LogP contribution < -0.4 is 9.61 Å². The molecule has 0 spiro atoms. The van der Waals surface area contributed by atoms with Crippen LogP contribution in [0.3, 0.4) is 0 Å². The number of thiazole rings is 1. The number of rotatable bonds is 1. The lowest BCUT2D eigenvalue weighted by molar-refractivity contribution is -0.141. The van der Waals surface area contributed by atoms with Gasteiger partial charge in [0.15, 0.2) is 0 Å². The molecule has 0 fully saturated rings. The molecule has 6 nitrogen and oxygen atoms in total. The van der Waals surface area contributed by atoms with Gasteiger partial charge in [0.05, 0.1) is 20.7 Å². The molecule has 2 aromatic rings. The summed E-state index contributed by atoms with van der Waals surface area (Å²) in [7, 11) is 1.00. The van der Waals surface area contributed by atoms with Gasteiger partial charge in [-0.25, -0.2) is 0 Å². The number of thioether (sulfide) groups is 1. The number of hydrogen-bond acceptors (Lipinski definition) is 7. The zero-order chi connectivity index (χ0) is 18.3. The molecular weight excluding hydrogens is 498 g/mol. The summed E-state index contributed by atoms with van der Waals surface area (Å²) in [6.07, 6.45) is 0.751. The van der Waals surface area contributed by atoms with E-state index in [2.05, 4.69) is 36.8 Å². The maximum atomic E-state index is 12.5. The number of ether oxygens (including phenoxy) is 1. The maximum Gasteiger partial charge on any atom is 0.316 e. The number of aliphatic hydroxyl groups excluding tert-OH is 1. The molecule has 3 unspecified atom stereocenters. The Morgan fingerprint density at radius 3 is 2.68 bits per heavy atom. The van der Waals surface area contributed by atoms with E-state index in [1.165, 1.54) is 11.8 Å². The molecule has 1 aromatic carbocycles. The van der Waals surface area contributed by atoms with Gasteiger partial charge in [-0.15, -0.1) is 0 Å². The molecule has 0 saturated heterocycles. The first-order valence-electron chi connectivity index (χ1n) is 7.00. The standard InChI is InChI=1S/C14H7Br2NO4S2.CH4O/c15-4-1-5-8-9(13(19)21-10(5)6(16)2-4)7(3-18)22-12-11(8)23-14(20)17-12;1-2/h1-3,7-9H,(H,17,20);2H,1H3. The molecule has 1 aromatic heterocycles. The van der Waals surface area contributed by atoms with Crippen LogP contribution in [-0.2, 0) is 9.59 Å². The number of esters is 1. The van der Waals surface area contributed by atoms with Crippen LogP contribution in [0, 0.1) is 5.92 Å². The second-order valence-electron chi connectivity index (χ2n) is 5.16. The van der Waals surface area contributed by atoms with Gasteiger partial charge in [-0.3, -0.25) is 9.59 Å². The molecule has 25 heavy (non-hydrogen) atoms. The van der Waals surface area contributed by atoms with Crippen molar-refractivity contribution in [2.75, 3.05) is 7.11 Å². The third kappa shape index (κ3) is 3.14. The number of carbonyl (C=O) groups is 2. The Kier molecular flexibility index (Phi) is 5.54. The second-order valence-corrected chi connectivity index (χ2v) is 9.13. The normalized spacial score (nSPS) is 23.4. The number of H-pyrrole nitrogens is 1. The van der Waals surface area contributed by atoms with Crippen molar-refractivity contribution < 1.29 is 19.4 Å². The lowest BCUT2D eigenvalue weighted by atomic mass is 9.80. The zero-order valence-corrected chi connectivity index (χ0v) is 17.4. The number of carbonyl (C=O) groups excluding carboxylic acids is 2. The molecule has 2 aliphatic rings. The van der Waals surface area contributed by atoms with Gasteiger partial charge in [-0.2, -0.15) is 0 Å². The van der Waals surface area contributed by atoms with Crippen molar-refractivity contribution >= 4 is 67.2 Å². The Balaban J connectivity index is 0.000000880. The number of aromatic nitrogens is 1. The third-order valence-corrected chi connectivity index (χ3v) is 7.25. The number of halogens is 2. The van der Waals surface area contributed by atoms with Crippen molar-refractivity contribution in [1.29, 1.82) is 0 Å². The summed E-state index contributed by atoms with van der Waals surface area (Å²) in [6, 6.07) is 3.66. The van der Waals surface area contributed by atoms with Crippen molar-refractivity contribution in [3.63, 3.8) is 0 Å². The number of hydrogen-bond donors (Lipinski definition) is 2. The van der Waals surface area contributed by atoms with Crippen molar-refractivity contribution in [3.8, 4) is 5.75 Å². The molecule has 2 aliphatic heterocycles. The smallest absolute Gasteiger partial charge is 0.316 e. The minimum absolute atomic E-state index is 0.192. The van der Waals surface area contributed by atoms with Gasteiger partial charge in [-0.05, 0) is 28.1 Å². The minimum atomic E-state index is -0.634. The van der Waals surface area contributed by atoms with Crippen LogP contribution in [-0.4, -0.2) is 34.7 Å². The number of benzene rings is 1. The molecule has 0 saturated carbocycles. The van der Waals surface area contributed by atoms with E-state index in [1.54, 1.807) is 6.07 Å². The molecule has 3 heterocycles. The number of fused-ring (bicyclic) bond motifs is 5. The van der Waals surface area contributed by atoms with Crippen molar-refractivity contribution in [2.45, 2.75) is 16.2 Å². The third-order valence-electron chi connectivity index (χ3n) is 3.87. The van der Waals surface area contributed by atoms with Crippen molar-refractivity contribution in [3.05, 3.63) is 41.2 Å². The Labute approximate surface area is 167 Å². The predicted octanol–water partition coefficient (Wildman–Crippen LogP) is 2.91. The SMILES string of the molecule is CO.O=CC1Sc2[nH]c(=O)sc2C2c3cc(Br)cc(Br)c3OC(=O)C12. The van der Waals surface area contributed by atoms with Crippen LogP contribution in [0.15, 0.2) is 30.9 Å². The van der Waals surface area contributed by atoms with Crippen LogP contribution >= 0.6 is 55.0 Å². The fourth-order valence-corrected chi connectivity index (χ4v) is 6.69. The van der Waals surface area contributed by atoms with Crippen LogP contribution in [0.4, 0.5) is 0 Å². The van der Waals surface area contributed by atoms with Crippen molar-refractivity contribution in [2.24, 2.45) is 5.92 Å². The largest absolute Gasteiger partial charge is 0.425 e. The molecule has 4 rings (SSSR count). The topological polar surface area (TPSA) is 96.5 Å². The summed E-state index contributed by atoms with van der Waals surface area (Å²) in [5.41, 5.74) is 0.791. The Bertz CT molecular complexity index is 910. The van der Waals surface area contributed by atoms with E-state index in [1.807, 2.05) is 6.07 Å². The first kappa shape index (κ1) is 18.8. The summed E-state index contributed by atoms with van der Waals surface area (Å²) in [5.74, 6) is -0.995. The minimum Gasteiger partial charge on any atom is -0.425 e. The van der Waals surface area contributed by atoms with Gasteiger partial charge in [-0.1, -0.05) is 39.0 Å². The monoisotopic (exact) mass is 507 g/mol. The van der Waals surface area contributed by atoms with Crippen LogP contribution in [0.1, 0.15) is 16.4 Å². The Morgan fingerprint density at radius 1 is 1.28 bits per heavy atom. The van der Waals surface area contributed by atoms with E-state index in [0.717, 1.165) is 39.6 Å². The van der Waals surface area contributed by atoms with Gasteiger partial charge < -0.3 is 19.6 Å². The molecule has 0 bridgehead atoms. The highest BCUT2D eigenvalue weighted by Crippen LogP contribution is 2.54. The fraction of sp³-hybridized carbons (Fsp3) is 0.267. The molecule has 3 atom stereocenters. The first-order chi connectivity index (χ1) is 12.0. The fourth-order valence-electron chi connectivity index (χ4n) is 2.99. The van der Waals surface area contributed by atoms with E-state index >= 15 is 0 Å². The lowest BCUT2D eigenvalue weighted by Gasteiger charge is -2.37. The van der Waals surface area contributed by atoms with E-state index in [9.17, 15) is 14.4 Å². The molecule has 0 amide bonds. The zero-order valence-electron chi connectivity index (χ0n) is 12.6. The highest BCUT2D eigenvalue weighted by Gasteiger charge is 2.49. The maximum absolute atomic E-state index is 12.5. The summed E-state index contributed by atoms with van der Waals surface area (Å²) in [4.78, 5) is 39.1. The number of aromatic amines is 1. The quantitative estimate of drug-likeness (QED) is 0.349. The molecule has 132 valence electrons.